The summed E-state index contributed by atoms with van der Waals surface area (Å²) in [6.07, 6.45) is 2.07. The zero-order chi connectivity index (χ0) is 22.8. The third kappa shape index (κ3) is 7.75. The van der Waals surface area contributed by atoms with Crippen LogP contribution >= 0.6 is 11.6 Å². The lowest BCUT2D eigenvalue weighted by Crippen LogP contribution is -2.38. The average molecular weight is 445 g/mol. The molecule has 0 bridgehead atoms. The number of ether oxygens (including phenoxy) is 1. The number of anilines is 1. The molecule has 0 aliphatic heterocycles. The second-order valence-corrected chi connectivity index (χ2v) is 7.21. The monoisotopic (exact) mass is 444 g/mol. The van der Waals surface area contributed by atoms with Crippen LogP contribution in [-0.4, -0.2) is 37.1 Å². The highest BCUT2D eigenvalue weighted by Crippen LogP contribution is 2.25. The van der Waals surface area contributed by atoms with Crippen LogP contribution in [0.5, 0.6) is 5.75 Å². The van der Waals surface area contributed by atoms with Gasteiger partial charge in [-0.3, -0.25) is 14.4 Å². The molecule has 0 aromatic heterocycles. The van der Waals surface area contributed by atoms with E-state index in [4.69, 9.17) is 16.3 Å². The van der Waals surface area contributed by atoms with Crippen molar-refractivity contribution in [2.45, 2.75) is 27.2 Å². The quantitative estimate of drug-likeness (QED) is 0.330. The molecule has 0 saturated carbocycles. The summed E-state index contributed by atoms with van der Waals surface area (Å²) in [4.78, 5) is 35.2. The molecule has 0 aliphatic carbocycles. The molecular formula is C22H25ClN4O4. The van der Waals surface area contributed by atoms with Gasteiger partial charge in [-0.25, -0.2) is 5.43 Å². The second kappa shape index (κ2) is 11.7. The molecule has 164 valence electrons. The van der Waals surface area contributed by atoms with Gasteiger partial charge in [-0.2, -0.15) is 5.10 Å². The number of nitrogens with zero attached hydrogens (tertiary/aromatic N) is 1. The van der Waals surface area contributed by atoms with E-state index in [1.807, 2.05) is 39.0 Å². The molecular weight excluding hydrogens is 420 g/mol. The first-order valence-corrected chi connectivity index (χ1v) is 10.1. The van der Waals surface area contributed by atoms with Crippen LogP contribution in [0.4, 0.5) is 5.69 Å². The molecule has 31 heavy (non-hydrogen) atoms. The van der Waals surface area contributed by atoms with E-state index >= 15 is 0 Å². The maximum absolute atomic E-state index is 12.2. The molecule has 0 radical (unpaired) electrons. The van der Waals surface area contributed by atoms with Gasteiger partial charge in [-0.15, -0.1) is 0 Å². The molecule has 0 atom stereocenters. The zero-order valence-electron chi connectivity index (χ0n) is 17.6. The molecule has 0 aliphatic rings. The predicted molar refractivity (Wildman–Crippen MR) is 121 cm³/mol. The van der Waals surface area contributed by atoms with Crippen molar-refractivity contribution >= 4 is 41.2 Å². The SMILES string of the molecule is CCCNC(=O)C(=O)N/N=C\c1ccc(OCC(=O)Nc2ccc(C)cc2C)c(Cl)c1. The number of benzene rings is 2. The predicted octanol–water partition coefficient (Wildman–Crippen LogP) is 2.95. The second-order valence-electron chi connectivity index (χ2n) is 6.80. The highest BCUT2D eigenvalue weighted by atomic mass is 35.5. The number of carbonyl (C=O) groups excluding carboxylic acids is 3. The Kier molecular flexibility index (Phi) is 9.02. The fraction of sp³-hybridized carbons (Fsp3) is 0.273. The Morgan fingerprint density at radius 1 is 1.10 bits per heavy atom. The van der Waals surface area contributed by atoms with E-state index in [0.29, 0.717) is 17.9 Å². The van der Waals surface area contributed by atoms with Crippen molar-refractivity contribution < 1.29 is 19.1 Å². The van der Waals surface area contributed by atoms with Gasteiger partial charge >= 0.3 is 11.8 Å². The molecule has 2 aromatic rings. The first-order chi connectivity index (χ1) is 14.8. The first-order valence-electron chi connectivity index (χ1n) is 9.70. The fourth-order valence-corrected chi connectivity index (χ4v) is 2.78. The van der Waals surface area contributed by atoms with E-state index in [0.717, 1.165) is 23.2 Å². The topological polar surface area (TPSA) is 109 Å². The minimum absolute atomic E-state index is 0.205. The van der Waals surface area contributed by atoms with Crippen LogP contribution in [0, 0.1) is 13.8 Å². The lowest BCUT2D eigenvalue weighted by atomic mass is 10.1. The lowest BCUT2D eigenvalue weighted by molar-refractivity contribution is -0.139. The van der Waals surface area contributed by atoms with E-state index in [2.05, 4.69) is 21.2 Å². The number of hydrazone groups is 1. The third-order valence-electron chi connectivity index (χ3n) is 4.09. The summed E-state index contributed by atoms with van der Waals surface area (Å²) in [5.74, 6) is -1.58. The summed E-state index contributed by atoms with van der Waals surface area (Å²) in [7, 11) is 0. The average Bonchev–Trinajstić information content (AvgIpc) is 2.73. The van der Waals surface area contributed by atoms with Gasteiger partial charge in [0.05, 0.1) is 11.2 Å². The van der Waals surface area contributed by atoms with Gasteiger partial charge in [-0.05, 0) is 55.7 Å². The molecule has 0 heterocycles. The molecule has 0 fully saturated rings. The van der Waals surface area contributed by atoms with Gasteiger partial charge in [0.1, 0.15) is 5.75 Å². The molecule has 0 spiro atoms. The van der Waals surface area contributed by atoms with Crippen molar-refractivity contribution in [1.82, 2.24) is 10.7 Å². The van der Waals surface area contributed by atoms with Crippen molar-refractivity contribution in [2.75, 3.05) is 18.5 Å². The molecule has 2 aromatic carbocycles. The lowest BCUT2D eigenvalue weighted by Gasteiger charge is -2.11. The molecule has 3 amide bonds. The van der Waals surface area contributed by atoms with E-state index in [1.165, 1.54) is 6.21 Å². The third-order valence-corrected chi connectivity index (χ3v) is 4.39. The van der Waals surface area contributed by atoms with Crippen LogP contribution in [0.25, 0.3) is 0 Å². The van der Waals surface area contributed by atoms with Crippen molar-refractivity contribution in [3.8, 4) is 5.75 Å². The Bertz CT molecular complexity index is 991. The number of amides is 3. The van der Waals surface area contributed by atoms with E-state index in [9.17, 15) is 14.4 Å². The molecule has 0 saturated heterocycles. The number of carbonyl (C=O) groups is 3. The zero-order valence-corrected chi connectivity index (χ0v) is 18.4. The standard InChI is InChI=1S/C22H25ClN4O4/c1-4-9-24-21(29)22(30)27-25-12-16-6-8-19(17(23)11-16)31-13-20(28)26-18-7-5-14(2)10-15(18)3/h5-8,10-12H,4,9,13H2,1-3H3,(H,24,29)(H,26,28)(H,27,30)/b25-12-. The minimum Gasteiger partial charge on any atom is -0.482 e. The Hall–Kier alpha value is -3.39. The Morgan fingerprint density at radius 2 is 1.87 bits per heavy atom. The maximum Gasteiger partial charge on any atom is 0.329 e. The van der Waals surface area contributed by atoms with Gasteiger partial charge in [0.15, 0.2) is 6.61 Å². The number of hydrogen-bond donors (Lipinski definition) is 3. The summed E-state index contributed by atoms with van der Waals surface area (Å²) >= 11 is 6.19. The van der Waals surface area contributed by atoms with Crippen molar-refractivity contribution in [3.63, 3.8) is 0 Å². The maximum atomic E-state index is 12.2. The summed E-state index contributed by atoms with van der Waals surface area (Å²) in [6, 6.07) is 10.5. The number of rotatable bonds is 8. The van der Waals surface area contributed by atoms with Crippen LogP contribution in [0.1, 0.15) is 30.0 Å². The van der Waals surface area contributed by atoms with Gasteiger partial charge < -0.3 is 15.4 Å². The van der Waals surface area contributed by atoms with Gasteiger partial charge in [-0.1, -0.05) is 36.2 Å². The highest BCUT2D eigenvalue weighted by molar-refractivity contribution is 6.35. The highest BCUT2D eigenvalue weighted by Gasteiger charge is 2.11. The summed E-state index contributed by atoms with van der Waals surface area (Å²) in [5, 5.41) is 9.25. The first kappa shape index (κ1) is 23.9. The van der Waals surface area contributed by atoms with Crippen LogP contribution in [0.2, 0.25) is 5.02 Å². The van der Waals surface area contributed by atoms with Gasteiger partial charge in [0.25, 0.3) is 5.91 Å². The molecule has 0 unspecified atom stereocenters. The fourth-order valence-electron chi connectivity index (χ4n) is 2.53. The van der Waals surface area contributed by atoms with Crippen molar-refractivity contribution in [2.24, 2.45) is 5.10 Å². The Morgan fingerprint density at radius 3 is 2.55 bits per heavy atom. The molecule has 9 heteroatoms. The van der Waals surface area contributed by atoms with Crippen LogP contribution in [0.3, 0.4) is 0 Å². The van der Waals surface area contributed by atoms with E-state index in [1.54, 1.807) is 18.2 Å². The van der Waals surface area contributed by atoms with Crippen molar-refractivity contribution in [3.05, 3.63) is 58.1 Å². The summed E-state index contributed by atoms with van der Waals surface area (Å²) in [6.45, 7) is 5.99. The van der Waals surface area contributed by atoms with Crippen LogP contribution < -0.4 is 20.8 Å². The number of halogens is 1. The minimum atomic E-state index is -0.856. The number of nitrogens with one attached hydrogen (secondary N) is 3. The van der Waals surface area contributed by atoms with E-state index < -0.39 is 11.8 Å². The number of hydrogen-bond acceptors (Lipinski definition) is 5. The Balaban J connectivity index is 1.87. The van der Waals surface area contributed by atoms with E-state index in [-0.39, 0.29) is 17.5 Å². The molecule has 8 nitrogen and oxygen atoms in total. The normalized spacial score (nSPS) is 10.6. The van der Waals surface area contributed by atoms with Gasteiger partial charge in [0.2, 0.25) is 0 Å². The van der Waals surface area contributed by atoms with Crippen LogP contribution in [0.15, 0.2) is 41.5 Å². The van der Waals surface area contributed by atoms with Crippen molar-refractivity contribution in [1.29, 1.82) is 0 Å². The largest absolute Gasteiger partial charge is 0.482 e. The molecule has 3 N–H and O–H groups in total. The Labute approximate surface area is 186 Å². The van der Waals surface area contributed by atoms with Gasteiger partial charge in [0, 0.05) is 12.2 Å². The smallest absolute Gasteiger partial charge is 0.329 e. The van der Waals surface area contributed by atoms with Crippen LogP contribution in [-0.2, 0) is 14.4 Å². The molecule has 2 rings (SSSR count). The number of aryl methyl sites for hydroxylation is 2. The summed E-state index contributed by atoms with van der Waals surface area (Å²) < 4.78 is 5.49. The summed E-state index contributed by atoms with van der Waals surface area (Å²) in [5.41, 5.74) is 5.51.